The van der Waals surface area contributed by atoms with Crippen molar-refractivity contribution in [1.82, 2.24) is 10.2 Å². The van der Waals surface area contributed by atoms with Crippen molar-refractivity contribution in [2.75, 3.05) is 13.1 Å². The maximum atomic E-state index is 13.9. The van der Waals surface area contributed by atoms with Gasteiger partial charge in [-0.3, -0.25) is 9.59 Å². The standard InChI is InChI=1S/C24H33FN2O2/c25-20-10-6-9-19(17-20)24(13-4-5-14-24)23(29)27-15-11-21(12-16-27)26-22(28)18-7-2-1-3-8-18/h6,9-10,17-18,21H,1-5,7-8,11-16H2,(H,26,28). The number of rotatable bonds is 4. The Morgan fingerprint density at radius 2 is 1.66 bits per heavy atom. The SMILES string of the molecule is O=C(NC1CCN(C(=O)C2(c3cccc(F)c3)CCCC2)CC1)C1CCCCC1. The van der Waals surface area contributed by atoms with Crippen LogP contribution in [0.4, 0.5) is 4.39 Å². The summed E-state index contributed by atoms with van der Waals surface area (Å²) in [6.45, 7) is 1.34. The highest BCUT2D eigenvalue weighted by atomic mass is 19.1. The Hall–Kier alpha value is -1.91. The van der Waals surface area contributed by atoms with E-state index in [1.165, 1.54) is 12.5 Å². The van der Waals surface area contributed by atoms with Crippen molar-refractivity contribution in [3.63, 3.8) is 0 Å². The van der Waals surface area contributed by atoms with Gasteiger partial charge in [-0.25, -0.2) is 4.39 Å². The summed E-state index contributed by atoms with van der Waals surface area (Å²) in [4.78, 5) is 28.0. The number of halogens is 1. The van der Waals surface area contributed by atoms with E-state index in [0.717, 1.165) is 69.8 Å². The average Bonchev–Trinajstić information content (AvgIpc) is 3.26. The Balaban J connectivity index is 1.37. The lowest BCUT2D eigenvalue weighted by Crippen LogP contribution is -2.52. The van der Waals surface area contributed by atoms with Gasteiger partial charge in [0, 0.05) is 25.0 Å². The van der Waals surface area contributed by atoms with Crippen LogP contribution in [-0.2, 0) is 15.0 Å². The molecule has 3 aliphatic rings. The molecule has 4 nitrogen and oxygen atoms in total. The highest BCUT2D eigenvalue weighted by Crippen LogP contribution is 2.43. The minimum Gasteiger partial charge on any atom is -0.353 e. The van der Waals surface area contributed by atoms with Crippen LogP contribution in [-0.4, -0.2) is 35.8 Å². The van der Waals surface area contributed by atoms with Crippen molar-refractivity contribution in [3.05, 3.63) is 35.6 Å². The first kappa shape index (κ1) is 20.4. The molecule has 0 spiro atoms. The molecule has 0 bridgehead atoms. The Bertz CT molecular complexity index is 730. The predicted molar refractivity (Wildman–Crippen MR) is 111 cm³/mol. The van der Waals surface area contributed by atoms with Gasteiger partial charge in [0.2, 0.25) is 11.8 Å². The lowest BCUT2D eigenvalue weighted by molar-refractivity contribution is -0.138. The Kier molecular flexibility index (Phi) is 6.21. The molecule has 0 unspecified atom stereocenters. The van der Waals surface area contributed by atoms with Gasteiger partial charge in [-0.2, -0.15) is 0 Å². The van der Waals surface area contributed by atoms with E-state index in [4.69, 9.17) is 0 Å². The first-order valence-electron chi connectivity index (χ1n) is 11.4. The highest BCUT2D eigenvalue weighted by Gasteiger charge is 2.45. The molecule has 0 atom stereocenters. The molecular weight excluding hydrogens is 367 g/mol. The monoisotopic (exact) mass is 400 g/mol. The first-order chi connectivity index (χ1) is 14.1. The third-order valence-electron chi connectivity index (χ3n) is 7.35. The van der Waals surface area contributed by atoms with Gasteiger partial charge < -0.3 is 10.2 Å². The molecule has 4 rings (SSSR count). The van der Waals surface area contributed by atoms with Crippen molar-refractivity contribution in [2.24, 2.45) is 5.92 Å². The third-order valence-corrected chi connectivity index (χ3v) is 7.35. The van der Waals surface area contributed by atoms with E-state index in [2.05, 4.69) is 5.32 Å². The first-order valence-corrected chi connectivity index (χ1v) is 11.4. The molecule has 2 saturated carbocycles. The van der Waals surface area contributed by atoms with E-state index < -0.39 is 5.41 Å². The van der Waals surface area contributed by atoms with Crippen LogP contribution in [0.3, 0.4) is 0 Å². The van der Waals surface area contributed by atoms with Crippen molar-refractivity contribution in [2.45, 2.75) is 82.1 Å². The van der Waals surface area contributed by atoms with Crippen molar-refractivity contribution in [1.29, 1.82) is 0 Å². The molecule has 1 heterocycles. The number of benzene rings is 1. The molecule has 1 aromatic rings. The van der Waals surface area contributed by atoms with Crippen LogP contribution in [0.25, 0.3) is 0 Å². The van der Waals surface area contributed by atoms with Crippen molar-refractivity contribution < 1.29 is 14.0 Å². The zero-order valence-corrected chi connectivity index (χ0v) is 17.3. The lowest BCUT2D eigenvalue weighted by Gasteiger charge is -2.39. The number of carbonyl (C=O) groups is 2. The summed E-state index contributed by atoms with van der Waals surface area (Å²) < 4.78 is 13.9. The topological polar surface area (TPSA) is 49.4 Å². The fraction of sp³-hybridized carbons (Fsp3) is 0.667. The summed E-state index contributed by atoms with van der Waals surface area (Å²) >= 11 is 0. The van der Waals surface area contributed by atoms with Gasteiger partial charge in [0.25, 0.3) is 0 Å². The summed E-state index contributed by atoms with van der Waals surface area (Å²) in [5.41, 5.74) is 0.257. The second kappa shape index (κ2) is 8.85. The number of amides is 2. The number of nitrogens with zero attached hydrogens (tertiary/aromatic N) is 1. The second-order valence-corrected chi connectivity index (χ2v) is 9.21. The van der Waals surface area contributed by atoms with Gasteiger partial charge in [-0.05, 0) is 56.2 Å². The summed E-state index contributed by atoms with van der Waals surface area (Å²) in [6.07, 6.45) is 10.8. The minimum absolute atomic E-state index is 0.151. The van der Waals surface area contributed by atoms with E-state index in [1.54, 1.807) is 12.1 Å². The maximum Gasteiger partial charge on any atom is 0.233 e. The fourth-order valence-electron chi connectivity index (χ4n) is 5.60. The van der Waals surface area contributed by atoms with Gasteiger partial charge in [0.1, 0.15) is 5.82 Å². The molecule has 1 N–H and O–H groups in total. The van der Waals surface area contributed by atoms with Crippen LogP contribution in [0.2, 0.25) is 0 Å². The normalized spacial score (nSPS) is 23.1. The van der Waals surface area contributed by atoms with Gasteiger partial charge in [-0.1, -0.05) is 44.2 Å². The number of carbonyl (C=O) groups excluding carboxylic acids is 2. The number of likely N-dealkylation sites (tertiary alicyclic amines) is 1. The van der Waals surface area contributed by atoms with E-state index in [0.29, 0.717) is 13.1 Å². The molecule has 5 heteroatoms. The quantitative estimate of drug-likeness (QED) is 0.818. The minimum atomic E-state index is -0.569. The smallest absolute Gasteiger partial charge is 0.233 e. The van der Waals surface area contributed by atoms with Crippen LogP contribution in [0.5, 0.6) is 0 Å². The van der Waals surface area contributed by atoms with E-state index >= 15 is 0 Å². The summed E-state index contributed by atoms with van der Waals surface area (Å²) in [5, 5.41) is 3.24. The van der Waals surface area contributed by atoms with E-state index in [-0.39, 0.29) is 29.6 Å². The number of hydrogen-bond donors (Lipinski definition) is 1. The summed E-state index contributed by atoms with van der Waals surface area (Å²) in [6, 6.07) is 6.77. The molecule has 1 aromatic carbocycles. The zero-order chi connectivity index (χ0) is 20.3. The Morgan fingerprint density at radius 3 is 2.31 bits per heavy atom. The van der Waals surface area contributed by atoms with Crippen LogP contribution < -0.4 is 5.32 Å². The lowest BCUT2D eigenvalue weighted by atomic mass is 9.77. The molecule has 2 aliphatic carbocycles. The van der Waals surface area contributed by atoms with Gasteiger partial charge in [-0.15, -0.1) is 0 Å². The average molecular weight is 401 g/mol. The zero-order valence-electron chi connectivity index (χ0n) is 17.3. The molecule has 2 amide bonds. The molecule has 0 radical (unpaired) electrons. The molecule has 1 aliphatic heterocycles. The summed E-state index contributed by atoms with van der Waals surface area (Å²) in [5.74, 6) is 0.267. The fourth-order valence-corrected chi connectivity index (χ4v) is 5.60. The second-order valence-electron chi connectivity index (χ2n) is 9.21. The Morgan fingerprint density at radius 1 is 0.966 bits per heavy atom. The molecular formula is C24H33FN2O2. The molecule has 3 fully saturated rings. The molecule has 0 aromatic heterocycles. The van der Waals surface area contributed by atoms with Crippen molar-refractivity contribution >= 4 is 11.8 Å². The largest absolute Gasteiger partial charge is 0.353 e. The number of nitrogens with one attached hydrogen (secondary N) is 1. The predicted octanol–water partition coefficient (Wildman–Crippen LogP) is 4.33. The van der Waals surface area contributed by atoms with Crippen molar-refractivity contribution in [3.8, 4) is 0 Å². The van der Waals surface area contributed by atoms with E-state index in [9.17, 15) is 14.0 Å². The van der Waals surface area contributed by atoms with E-state index in [1.807, 2.05) is 11.0 Å². The third kappa shape index (κ3) is 4.34. The highest BCUT2D eigenvalue weighted by molar-refractivity contribution is 5.89. The number of piperidine rings is 1. The Labute approximate surface area is 173 Å². The van der Waals surface area contributed by atoms with Gasteiger partial charge in [0.05, 0.1) is 5.41 Å². The summed E-state index contributed by atoms with van der Waals surface area (Å²) in [7, 11) is 0. The molecule has 158 valence electrons. The number of hydrogen-bond acceptors (Lipinski definition) is 2. The van der Waals surface area contributed by atoms with Crippen LogP contribution in [0.15, 0.2) is 24.3 Å². The van der Waals surface area contributed by atoms with Crippen LogP contribution >= 0.6 is 0 Å². The molecule has 1 saturated heterocycles. The van der Waals surface area contributed by atoms with Crippen LogP contribution in [0.1, 0.15) is 76.2 Å². The van der Waals surface area contributed by atoms with Crippen LogP contribution in [0, 0.1) is 11.7 Å². The maximum absolute atomic E-state index is 13.9. The van der Waals surface area contributed by atoms with Gasteiger partial charge >= 0.3 is 0 Å². The molecule has 29 heavy (non-hydrogen) atoms. The van der Waals surface area contributed by atoms with Gasteiger partial charge in [0.15, 0.2) is 0 Å².